The van der Waals surface area contributed by atoms with E-state index in [1.807, 2.05) is 7.05 Å². The van der Waals surface area contributed by atoms with E-state index in [0.717, 1.165) is 26.1 Å². The third-order valence-corrected chi connectivity index (χ3v) is 3.84. The molecule has 0 spiro atoms. The molecule has 2 rings (SSSR count). The van der Waals surface area contributed by atoms with Crippen LogP contribution >= 0.6 is 0 Å². The van der Waals surface area contributed by atoms with Crippen molar-refractivity contribution < 1.29 is 14.3 Å². The molecule has 6 heteroatoms. The molecule has 1 aromatic heterocycles. The first-order valence-corrected chi connectivity index (χ1v) is 7.08. The predicted octanol–water partition coefficient (Wildman–Crippen LogP) is 1.12. The monoisotopic (exact) mass is 293 g/mol. The van der Waals surface area contributed by atoms with Crippen LogP contribution in [-0.4, -0.2) is 68.6 Å². The van der Waals surface area contributed by atoms with Gasteiger partial charge >= 0.3 is 0 Å². The van der Waals surface area contributed by atoms with E-state index in [4.69, 9.17) is 9.47 Å². The molecule has 6 nitrogen and oxygen atoms in total. The lowest BCUT2D eigenvalue weighted by molar-refractivity contribution is 0.0769. The Morgan fingerprint density at radius 3 is 2.76 bits per heavy atom. The molecule has 0 saturated carbocycles. The van der Waals surface area contributed by atoms with Gasteiger partial charge in [-0.15, -0.1) is 0 Å². The van der Waals surface area contributed by atoms with E-state index in [0.29, 0.717) is 23.2 Å². The van der Waals surface area contributed by atoms with E-state index < -0.39 is 0 Å². The Morgan fingerprint density at radius 1 is 1.43 bits per heavy atom. The van der Waals surface area contributed by atoms with Gasteiger partial charge in [0, 0.05) is 26.2 Å². The first-order valence-electron chi connectivity index (χ1n) is 7.08. The first-order chi connectivity index (χ1) is 10.0. The van der Waals surface area contributed by atoms with Crippen molar-refractivity contribution in [1.29, 1.82) is 0 Å². The molecule has 0 aromatic carbocycles. The van der Waals surface area contributed by atoms with Crippen LogP contribution in [0.3, 0.4) is 0 Å². The van der Waals surface area contributed by atoms with Gasteiger partial charge in [-0.3, -0.25) is 4.79 Å². The third-order valence-electron chi connectivity index (χ3n) is 3.84. The van der Waals surface area contributed by atoms with Crippen LogP contribution in [-0.2, 0) is 0 Å². The summed E-state index contributed by atoms with van der Waals surface area (Å²) in [5, 5.41) is 0. The van der Waals surface area contributed by atoms with Crippen LogP contribution in [0, 0.1) is 5.92 Å². The molecule has 21 heavy (non-hydrogen) atoms. The number of likely N-dealkylation sites (tertiary alicyclic amines) is 1. The van der Waals surface area contributed by atoms with Crippen LogP contribution in [0.25, 0.3) is 0 Å². The summed E-state index contributed by atoms with van der Waals surface area (Å²) in [5.41, 5.74) is 0.465. The number of hydrogen-bond donors (Lipinski definition) is 0. The molecular weight excluding hydrogens is 270 g/mol. The number of pyridine rings is 1. The summed E-state index contributed by atoms with van der Waals surface area (Å²) in [5.74, 6) is 1.19. The van der Waals surface area contributed by atoms with Gasteiger partial charge in [-0.2, -0.15) is 4.98 Å². The van der Waals surface area contributed by atoms with Gasteiger partial charge in [0.15, 0.2) is 0 Å². The number of methoxy groups -OCH3 is 2. The summed E-state index contributed by atoms with van der Waals surface area (Å²) in [6.45, 7) is 2.88. The minimum Gasteiger partial charge on any atom is -0.481 e. The van der Waals surface area contributed by atoms with E-state index in [1.54, 1.807) is 17.0 Å². The lowest BCUT2D eigenvalue weighted by Gasteiger charge is -2.22. The summed E-state index contributed by atoms with van der Waals surface area (Å²) in [6.07, 6.45) is 1.13. The topological polar surface area (TPSA) is 54.9 Å². The first kappa shape index (κ1) is 15.6. The number of aromatic nitrogens is 1. The van der Waals surface area contributed by atoms with Crippen molar-refractivity contribution in [3.63, 3.8) is 0 Å². The van der Waals surface area contributed by atoms with Gasteiger partial charge in [-0.05, 0) is 32.0 Å². The Hall–Kier alpha value is -1.82. The number of carbonyl (C=O) groups is 1. The fourth-order valence-electron chi connectivity index (χ4n) is 2.71. The Balaban J connectivity index is 2.08. The standard InChI is InChI=1S/C15H23N3O3/c1-17-8-7-11(9-17)10-18(2)15(19)12-5-6-13(20-3)16-14(12)21-4/h5-6,11H,7-10H2,1-4H3/t11-/m0/s1. The largest absolute Gasteiger partial charge is 0.481 e. The van der Waals surface area contributed by atoms with Crippen LogP contribution in [0.4, 0.5) is 0 Å². The number of ether oxygens (including phenoxy) is 2. The number of hydrogen-bond acceptors (Lipinski definition) is 5. The van der Waals surface area contributed by atoms with Gasteiger partial charge in [0.1, 0.15) is 5.56 Å². The lowest BCUT2D eigenvalue weighted by Crippen LogP contribution is -2.33. The average Bonchev–Trinajstić information content (AvgIpc) is 2.90. The molecule has 1 atom stereocenters. The molecule has 116 valence electrons. The second kappa shape index (κ2) is 6.76. The van der Waals surface area contributed by atoms with Crippen LogP contribution in [0.1, 0.15) is 16.8 Å². The highest BCUT2D eigenvalue weighted by atomic mass is 16.5. The van der Waals surface area contributed by atoms with Crippen LogP contribution in [0.15, 0.2) is 12.1 Å². The fourth-order valence-corrected chi connectivity index (χ4v) is 2.71. The van der Waals surface area contributed by atoms with E-state index in [9.17, 15) is 4.79 Å². The summed E-state index contributed by atoms with van der Waals surface area (Å²) in [6, 6.07) is 3.37. The Labute approximate surface area is 125 Å². The van der Waals surface area contributed by atoms with Gasteiger partial charge in [-0.25, -0.2) is 0 Å². The van der Waals surface area contributed by atoms with Gasteiger partial charge in [0.25, 0.3) is 5.91 Å². The third kappa shape index (κ3) is 3.64. The number of amides is 1. The Bertz CT molecular complexity index is 507. The van der Waals surface area contributed by atoms with E-state index in [1.165, 1.54) is 14.2 Å². The quantitative estimate of drug-likeness (QED) is 0.814. The summed E-state index contributed by atoms with van der Waals surface area (Å²) in [7, 11) is 6.97. The normalized spacial score (nSPS) is 18.6. The molecule has 1 aliphatic rings. The molecular formula is C15H23N3O3. The molecule has 0 N–H and O–H groups in total. The van der Waals surface area contributed by atoms with E-state index in [-0.39, 0.29) is 5.91 Å². The van der Waals surface area contributed by atoms with E-state index >= 15 is 0 Å². The highest BCUT2D eigenvalue weighted by molar-refractivity contribution is 5.96. The Morgan fingerprint density at radius 2 is 2.19 bits per heavy atom. The van der Waals surface area contributed by atoms with Gasteiger partial charge in [-0.1, -0.05) is 0 Å². The summed E-state index contributed by atoms with van der Waals surface area (Å²) in [4.78, 5) is 20.7. The zero-order chi connectivity index (χ0) is 15.4. The molecule has 2 heterocycles. The van der Waals surface area contributed by atoms with Crippen LogP contribution in [0.5, 0.6) is 11.8 Å². The molecule has 0 aliphatic carbocycles. The van der Waals surface area contributed by atoms with Crippen molar-refractivity contribution in [3.8, 4) is 11.8 Å². The summed E-state index contributed by atoms with van der Waals surface area (Å²) < 4.78 is 10.2. The van der Waals surface area contributed by atoms with Gasteiger partial charge < -0.3 is 19.3 Å². The molecule has 0 unspecified atom stereocenters. The second-order valence-electron chi connectivity index (χ2n) is 5.51. The highest BCUT2D eigenvalue weighted by Gasteiger charge is 2.25. The number of carbonyl (C=O) groups excluding carboxylic acids is 1. The van der Waals surface area contributed by atoms with Gasteiger partial charge in [0.05, 0.1) is 14.2 Å². The minimum atomic E-state index is -0.0726. The second-order valence-corrected chi connectivity index (χ2v) is 5.51. The maximum atomic E-state index is 12.5. The molecule has 1 fully saturated rings. The smallest absolute Gasteiger partial charge is 0.259 e. The van der Waals surface area contributed by atoms with E-state index in [2.05, 4.69) is 16.9 Å². The Kier molecular flexibility index (Phi) is 5.01. The zero-order valence-corrected chi connectivity index (χ0v) is 13.1. The summed E-state index contributed by atoms with van der Waals surface area (Å²) >= 11 is 0. The van der Waals surface area contributed by atoms with Crippen molar-refractivity contribution in [2.45, 2.75) is 6.42 Å². The van der Waals surface area contributed by atoms with Crippen molar-refractivity contribution in [2.24, 2.45) is 5.92 Å². The maximum absolute atomic E-state index is 12.5. The predicted molar refractivity (Wildman–Crippen MR) is 79.9 cm³/mol. The SMILES string of the molecule is COc1ccc(C(=O)N(C)C[C@H]2CCN(C)C2)c(OC)n1. The fraction of sp³-hybridized carbons (Fsp3) is 0.600. The van der Waals surface area contributed by atoms with Crippen molar-refractivity contribution in [1.82, 2.24) is 14.8 Å². The average molecular weight is 293 g/mol. The van der Waals surface area contributed by atoms with Crippen LogP contribution in [0.2, 0.25) is 0 Å². The molecule has 1 saturated heterocycles. The molecule has 1 amide bonds. The minimum absolute atomic E-state index is 0.0726. The number of rotatable bonds is 5. The molecule has 1 aromatic rings. The molecule has 1 aliphatic heterocycles. The van der Waals surface area contributed by atoms with Crippen molar-refractivity contribution >= 4 is 5.91 Å². The molecule has 0 bridgehead atoms. The maximum Gasteiger partial charge on any atom is 0.259 e. The van der Waals surface area contributed by atoms with Crippen molar-refractivity contribution in [2.75, 3.05) is 47.9 Å². The molecule has 0 radical (unpaired) electrons. The van der Waals surface area contributed by atoms with Crippen molar-refractivity contribution in [3.05, 3.63) is 17.7 Å². The zero-order valence-electron chi connectivity index (χ0n) is 13.1. The van der Waals surface area contributed by atoms with Gasteiger partial charge in [0.2, 0.25) is 11.8 Å². The highest BCUT2D eigenvalue weighted by Crippen LogP contribution is 2.22. The lowest BCUT2D eigenvalue weighted by atomic mass is 10.1. The number of nitrogens with zero attached hydrogens (tertiary/aromatic N) is 3. The van der Waals surface area contributed by atoms with Crippen LogP contribution < -0.4 is 9.47 Å².